The third-order valence-electron chi connectivity index (χ3n) is 4.03. The molecule has 0 radical (unpaired) electrons. The fourth-order valence-corrected chi connectivity index (χ4v) is 3.82. The van der Waals surface area contributed by atoms with Crippen molar-refractivity contribution in [3.8, 4) is 5.75 Å². The summed E-state index contributed by atoms with van der Waals surface area (Å²) < 4.78 is 32.4. The van der Waals surface area contributed by atoms with Gasteiger partial charge in [-0.3, -0.25) is 4.79 Å². The van der Waals surface area contributed by atoms with Crippen LogP contribution in [0, 0.1) is 5.92 Å². The van der Waals surface area contributed by atoms with Crippen LogP contribution in [0.3, 0.4) is 0 Å². The van der Waals surface area contributed by atoms with Crippen molar-refractivity contribution in [1.29, 1.82) is 0 Å². The van der Waals surface area contributed by atoms with Gasteiger partial charge in [0.05, 0.1) is 5.92 Å². The fourth-order valence-electron chi connectivity index (χ4n) is 2.63. The number of carbonyl (C=O) groups excluding carboxylic acids is 1. The van der Waals surface area contributed by atoms with Crippen LogP contribution in [-0.4, -0.2) is 56.7 Å². The summed E-state index contributed by atoms with van der Waals surface area (Å²) in [6.07, 6.45) is 3.00. The van der Waals surface area contributed by atoms with Gasteiger partial charge in [0.2, 0.25) is 5.91 Å². The minimum atomic E-state index is -3.49. The summed E-state index contributed by atoms with van der Waals surface area (Å²) in [5.41, 5.74) is 0.656. The average Bonchev–Trinajstić information content (AvgIpc) is 2.61. The molecule has 1 fully saturated rings. The summed E-state index contributed by atoms with van der Waals surface area (Å²) in [6.45, 7) is 4.65. The quantitative estimate of drug-likeness (QED) is 0.744. The van der Waals surface area contributed by atoms with Crippen molar-refractivity contribution in [2.24, 2.45) is 5.92 Å². The first-order valence-corrected chi connectivity index (χ1v) is 9.56. The van der Waals surface area contributed by atoms with E-state index >= 15 is 0 Å². The Bertz CT molecular complexity index is 701. The molecule has 25 heavy (non-hydrogen) atoms. The van der Waals surface area contributed by atoms with Crippen LogP contribution in [0.15, 0.2) is 36.9 Å². The Hall–Kier alpha value is -1.90. The Morgan fingerprint density at radius 2 is 2.08 bits per heavy atom. The Morgan fingerprint density at radius 3 is 2.68 bits per heavy atom. The van der Waals surface area contributed by atoms with Crippen LogP contribution in [0.4, 0.5) is 5.69 Å². The van der Waals surface area contributed by atoms with Gasteiger partial charge >= 0.3 is 0 Å². The van der Waals surface area contributed by atoms with Crippen LogP contribution in [0.1, 0.15) is 12.8 Å². The number of benzene rings is 1. The largest absolute Gasteiger partial charge is 0.490 e. The van der Waals surface area contributed by atoms with Gasteiger partial charge < -0.3 is 10.1 Å². The third kappa shape index (κ3) is 5.04. The fraction of sp³-hybridized carbons (Fsp3) is 0.471. The van der Waals surface area contributed by atoms with Crippen molar-refractivity contribution in [2.45, 2.75) is 12.8 Å². The smallest absolute Gasteiger partial charge is 0.281 e. The lowest BCUT2D eigenvalue weighted by atomic mass is 9.99. The summed E-state index contributed by atoms with van der Waals surface area (Å²) in [7, 11) is -0.502. The molecule has 0 aromatic heterocycles. The Morgan fingerprint density at radius 1 is 1.40 bits per heavy atom. The molecule has 0 spiro atoms. The first-order chi connectivity index (χ1) is 11.8. The van der Waals surface area contributed by atoms with Crippen molar-refractivity contribution in [1.82, 2.24) is 8.61 Å². The van der Waals surface area contributed by atoms with Gasteiger partial charge in [-0.1, -0.05) is 12.7 Å². The van der Waals surface area contributed by atoms with E-state index in [0.717, 1.165) is 0 Å². The van der Waals surface area contributed by atoms with Gasteiger partial charge in [-0.2, -0.15) is 17.0 Å². The van der Waals surface area contributed by atoms with E-state index in [1.807, 2.05) is 0 Å². The molecule has 8 heteroatoms. The molecular formula is C17H25N3O4S. The highest BCUT2D eigenvalue weighted by Crippen LogP contribution is 2.22. The van der Waals surface area contributed by atoms with E-state index in [4.69, 9.17) is 4.74 Å². The maximum absolute atomic E-state index is 12.5. The predicted octanol–water partition coefficient (Wildman–Crippen LogP) is 1.71. The first-order valence-electron chi connectivity index (χ1n) is 8.17. The SMILES string of the molecule is C=CCOc1ccc(NC(=O)[C@H]2CCCN(S(=O)(=O)N(C)C)C2)cc1. The molecule has 138 valence electrons. The number of carbonyl (C=O) groups is 1. The van der Waals surface area contributed by atoms with E-state index in [1.165, 1.54) is 22.7 Å². The molecule has 1 amide bonds. The molecular weight excluding hydrogens is 342 g/mol. The Kier molecular flexibility index (Phi) is 6.57. The summed E-state index contributed by atoms with van der Waals surface area (Å²) in [5.74, 6) is 0.164. The second-order valence-electron chi connectivity index (χ2n) is 6.10. The van der Waals surface area contributed by atoms with Gasteiger partial charge in [0, 0.05) is 32.9 Å². The van der Waals surface area contributed by atoms with Crippen molar-refractivity contribution >= 4 is 21.8 Å². The molecule has 1 aromatic rings. The maximum atomic E-state index is 12.5. The molecule has 7 nitrogen and oxygen atoms in total. The third-order valence-corrected chi connectivity index (χ3v) is 5.94. The maximum Gasteiger partial charge on any atom is 0.281 e. The monoisotopic (exact) mass is 367 g/mol. The number of hydrogen-bond acceptors (Lipinski definition) is 4. The number of amides is 1. The molecule has 0 bridgehead atoms. The topological polar surface area (TPSA) is 79.0 Å². The van der Waals surface area contributed by atoms with Crippen molar-refractivity contribution < 1.29 is 17.9 Å². The van der Waals surface area contributed by atoms with E-state index in [2.05, 4.69) is 11.9 Å². The van der Waals surface area contributed by atoms with E-state index in [9.17, 15) is 13.2 Å². The van der Waals surface area contributed by atoms with Crippen LogP contribution in [-0.2, 0) is 15.0 Å². The molecule has 0 aliphatic carbocycles. The molecule has 2 rings (SSSR count). The van der Waals surface area contributed by atoms with Crippen molar-refractivity contribution in [2.75, 3.05) is 39.1 Å². The number of nitrogens with zero attached hydrogens (tertiary/aromatic N) is 2. The second kappa shape index (κ2) is 8.46. The zero-order chi connectivity index (χ0) is 18.4. The molecule has 0 saturated carbocycles. The molecule has 1 heterocycles. The van der Waals surface area contributed by atoms with Crippen LogP contribution < -0.4 is 10.1 Å². The van der Waals surface area contributed by atoms with Crippen molar-refractivity contribution in [3.05, 3.63) is 36.9 Å². The summed E-state index contributed by atoms with van der Waals surface area (Å²) in [5, 5.41) is 2.85. The minimum absolute atomic E-state index is 0.168. The molecule has 1 atom stereocenters. The van der Waals surface area contributed by atoms with Gasteiger partial charge in [-0.15, -0.1) is 0 Å². The van der Waals surface area contributed by atoms with Crippen LogP contribution >= 0.6 is 0 Å². The van der Waals surface area contributed by atoms with Gasteiger partial charge in [-0.25, -0.2) is 0 Å². The van der Waals surface area contributed by atoms with Crippen LogP contribution in [0.2, 0.25) is 0 Å². The molecule has 1 N–H and O–H groups in total. The molecule has 1 saturated heterocycles. The highest BCUT2D eigenvalue weighted by atomic mass is 32.2. The van der Waals surface area contributed by atoms with Gasteiger partial charge in [0.25, 0.3) is 10.2 Å². The average molecular weight is 367 g/mol. The predicted molar refractivity (Wildman–Crippen MR) is 97.7 cm³/mol. The highest BCUT2D eigenvalue weighted by molar-refractivity contribution is 7.86. The number of rotatable bonds is 7. The molecule has 1 aliphatic rings. The van der Waals surface area contributed by atoms with Crippen LogP contribution in [0.25, 0.3) is 0 Å². The number of piperidine rings is 1. The summed E-state index contributed by atoms with van der Waals surface area (Å²) in [4.78, 5) is 12.5. The zero-order valence-corrected chi connectivity index (χ0v) is 15.5. The lowest BCUT2D eigenvalue weighted by Gasteiger charge is -2.32. The van der Waals surface area contributed by atoms with E-state index in [1.54, 1.807) is 30.3 Å². The zero-order valence-electron chi connectivity index (χ0n) is 14.6. The molecule has 0 unspecified atom stereocenters. The molecule has 1 aliphatic heterocycles. The number of anilines is 1. The number of ether oxygens (including phenoxy) is 1. The minimum Gasteiger partial charge on any atom is -0.490 e. The Balaban J connectivity index is 1.97. The Labute approximate surface area is 149 Å². The van der Waals surface area contributed by atoms with E-state index in [0.29, 0.717) is 37.4 Å². The molecule has 1 aromatic carbocycles. The summed E-state index contributed by atoms with van der Waals surface area (Å²) >= 11 is 0. The number of nitrogens with one attached hydrogen (secondary N) is 1. The van der Waals surface area contributed by atoms with Crippen LogP contribution in [0.5, 0.6) is 5.75 Å². The highest BCUT2D eigenvalue weighted by Gasteiger charge is 2.33. The van der Waals surface area contributed by atoms with Gasteiger partial charge in [0.15, 0.2) is 0 Å². The van der Waals surface area contributed by atoms with Gasteiger partial charge in [-0.05, 0) is 37.1 Å². The summed E-state index contributed by atoms with van der Waals surface area (Å²) in [6, 6.07) is 7.05. The normalized spacial score (nSPS) is 18.8. The van der Waals surface area contributed by atoms with Crippen molar-refractivity contribution in [3.63, 3.8) is 0 Å². The first kappa shape index (κ1) is 19.4. The number of hydrogen-bond donors (Lipinski definition) is 1. The lowest BCUT2D eigenvalue weighted by Crippen LogP contribution is -2.47. The van der Waals surface area contributed by atoms with Gasteiger partial charge in [0.1, 0.15) is 12.4 Å². The van der Waals surface area contributed by atoms with E-state index in [-0.39, 0.29) is 18.4 Å². The lowest BCUT2D eigenvalue weighted by molar-refractivity contribution is -0.120. The standard InChI is InChI=1S/C17H25N3O4S/c1-4-12-24-16-9-7-15(8-10-16)18-17(21)14-6-5-11-20(13-14)25(22,23)19(2)3/h4,7-10,14H,1,5-6,11-13H2,2-3H3,(H,18,21)/t14-/m0/s1. The second-order valence-corrected chi connectivity index (χ2v) is 8.24. The van der Waals surface area contributed by atoms with E-state index < -0.39 is 10.2 Å².